The molecule has 0 fully saturated rings. The minimum Gasteiger partial charge on any atom is -0.377 e. The Balaban J connectivity index is 0.00000341. The van der Waals surface area contributed by atoms with E-state index in [0.29, 0.717) is 31.5 Å². The number of hydrogen-bond donors (Lipinski definition) is 3. The second kappa shape index (κ2) is 11.7. The van der Waals surface area contributed by atoms with Crippen molar-refractivity contribution in [3.8, 4) is 0 Å². The number of aliphatic imine (C=N–C) groups is 1. The molecule has 2 aromatic rings. The summed E-state index contributed by atoms with van der Waals surface area (Å²) in [6.45, 7) is 3.66. The van der Waals surface area contributed by atoms with Gasteiger partial charge < -0.3 is 15.4 Å². The monoisotopic (exact) mass is 563 g/mol. The second-order valence-electron chi connectivity index (χ2n) is 7.15. The van der Waals surface area contributed by atoms with Crippen molar-refractivity contribution >= 4 is 40.0 Å². The Morgan fingerprint density at radius 2 is 2.03 bits per heavy atom. The number of nitrogens with one attached hydrogen (secondary N) is 3. The van der Waals surface area contributed by atoms with Gasteiger partial charge in [-0.2, -0.15) is 5.10 Å². The maximum Gasteiger partial charge on any atom is 0.240 e. The minimum absolute atomic E-state index is 0. The zero-order valence-electron chi connectivity index (χ0n) is 18.0. The fraction of sp³-hybridized carbons (Fsp3) is 0.526. The van der Waals surface area contributed by atoms with Crippen LogP contribution in [0.4, 0.5) is 0 Å². The molecular weight excluding hydrogens is 533 g/mol. The van der Waals surface area contributed by atoms with E-state index in [2.05, 4.69) is 30.4 Å². The highest BCUT2D eigenvalue weighted by Crippen LogP contribution is 2.13. The van der Waals surface area contributed by atoms with Gasteiger partial charge in [0.2, 0.25) is 10.0 Å². The van der Waals surface area contributed by atoms with Crippen LogP contribution in [0.15, 0.2) is 34.2 Å². The number of fused-ring (bicyclic) bond motifs is 1. The average molecular weight is 563 g/mol. The van der Waals surface area contributed by atoms with Gasteiger partial charge in [-0.15, -0.1) is 24.0 Å². The van der Waals surface area contributed by atoms with E-state index >= 15 is 0 Å². The van der Waals surface area contributed by atoms with E-state index in [1.54, 1.807) is 38.4 Å². The molecule has 0 saturated heterocycles. The molecule has 0 saturated carbocycles. The van der Waals surface area contributed by atoms with Crippen LogP contribution < -0.4 is 15.4 Å². The van der Waals surface area contributed by atoms with Gasteiger partial charge in [0.1, 0.15) is 12.4 Å². The third-order valence-electron chi connectivity index (χ3n) is 4.78. The topological polar surface area (TPSA) is 123 Å². The molecule has 172 valence electrons. The summed E-state index contributed by atoms with van der Waals surface area (Å²) in [5, 5.41) is 11.0. The SMILES string of the molecule is CN=C(NCCNS(=O)(=O)c1ccc(C)cc1)NC1CCc2nc(COC)nn2C1.I. The van der Waals surface area contributed by atoms with E-state index in [-0.39, 0.29) is 41.5 Å². The zero-order valence-corrected chi connectivity index (χ0v) is 21.1. The molecule has 0 amide bonds. The van der Waals surface area contributed by atoms with Crippen LogP contribution in [-0.4, -0.2) is 62.4 Å². The van der Waals surface area contributed by atoms with Crippen molar-refractivity contribution in [1.82, 2.24) is 30.1 Å². The number of nitrogens with zero attached hydrogens (tertiary/aromatic N) is 4. The highest BCUT2D eigenvalue weighted by atomic mass is 127. The first-order valence-corrected chi connectivity index (χ1v) is 11.3. The van der Waals surface area contributed by atoms with Crippen molar-refractivity contribution < 1.29 is 13.2 Å². The molecule has 0 bridgehead atoms. The van der Waals surface area contributed by atoms with Gasteiger partial charge in [-0.25, -0.2) is 22.8 Å². The quantitative estimate of drug-likeness (QED) is 0.188. The fourth-order valence-electron chi connectivity index (χ4n) is 3.22. The Morgan fingerprint density at radius 3 is 2.71 bits per heavy atom. The number of rotatable bonds is 8. The molecule has 1 aliphatic heterocycles. The van der Waals surface area contributed by atoms with E-state index in [1.165, 1.54) is 0 Å². The van der Waals surface area contributed by atoms with Crippen molar-refractivity contribution in [2.24, 2.45) is 4.99 Å². The molecule has 1 unspecified atom stereocenters. The largest absolute Gasteiger partial charge is 0.377 e. The average Bonchev–Trinajstić information content (AvgIpc) is 3.12. The van der Waals surface area contributed by atoms with E-state index in [9.17, 15) is 8.42 Å². The van der Waals surface area contributed by atoms with Crippen molar-refractivity contribution in [3.05, 3.63) is 41.5 Å². The number of halogens is 1. The first-order valence-electron chi connectivity index (χ1n) is 9.86. The molecule has 12 heteroatoms. The Kier molecular flexibility index (Phi) is 9.65. The number of aromatic nitrogens is 3. The molecule has 0 spiro atoms. The summed E-state index contributed by atoms with van der Waals surface area (Å²) in [5.41, 5.74) is 1.01. The van der Waals surface area contributed by atoms with Crippen LogP contribution in [0.2, 0.25) is 0 Å². The van der Waals surface area contributed by atoms with Crippen molar-refractivity contribution in [2.45, 2.75) is 43.9 Å². The van der Waals surface area contributed by atoms with E-state index in [0.717, 1.165) is 24.2 Å². The van der Waals surface area contributed by atoms with Gasteiger partial charge in [-0.1, -0.05) is 17.7 Å². The van der Waals surface area contributed by atoms with E-state index in [1.807, 2.05) is 11.6 Å². The van der Waals surface area contributed by atoms with E-state index in [4.69, 9.17) is 4.74 Å². The molecule has 0 aliphatic carbocycles. The summed E-state index contributed by atoms with van der Waals surface area (Å²) in [7, 11) is -0.211. The molecule has 1 aromatic heterocycles. The molecule has 3 N–H and O–H groups in total. The third kappa shape index (κ3) is 7.12. The molecule has 3 rings (SSSR count). The van der Waals surface area contributed by atoms with Crippen LogP contribution in [0.5, 0.6) is 0 Å². The molecule has 10 nitrogen and oxygen atoms in total. The van der Waals surface area contributed by atoms with E-state index < -0.39 is 10.0 Å². The molecule has 0 radical (unpaired) electrons. The highest BCUT2D eigenvalue weighted by Gasteiger charge is 2.22. The summed E-state index contributed by atoms with van der Waals surface area (Å²) in [5.74, 6) is 2.28. The number of sulfonamides is 1. The van der Waals surface area contributed by atoms with Crippen LogP contribution in [-0.2, 0) is 34.3 Å². The number of guanidine groups is 1. The fourth-order valence-corrected chi connectivity index (χ4v) is 4.26. The van der Waals surface area contributed by atoms with Crippen LogP contribution >= 0.6 is 24.0 Å². The lowest BCUT2D eigenvalue weighted by Crippen LogP contribution is -2.48. The Labute approximate surface area is 200 Å². The van der Waals surface area contributed by atoms with Crippen LogP contribution in [0.25, 0.3) is 0 Å². The van der Waals surface area contributed by atoms with Gasteiger partial charge in [0, 0.05) is 39.7 Å². The number of aryl methyl sites for hydroxylation is 2. The summed E-state index contributed by atoms with van der Waals surface area (Å²) < 4.78 is 34.3. The normalized spacial score (nSPS) is 16.4. The predicted molar refractivity (Wildman–Crippen MR) is 129 cm³/mol. The third-order valence-corrected chi connectivity index (χ3v) is 6.26. The van der Waals surface area contributed by atoms with Crippen LogP contribution in [0, 0.1) is 6.92 Å². The standard InChI is InChI=1S/C19H29N7O3S.HI/c1-14-4-7-16(8-5-14)30(27,28)22-11-10-21-19(20-2)23-15-6-9-18-24-17(13-29-3)25-26(18)12-15;/h4-5,7-8,15,22H,6,9-13H2,1-3H3,(H2,20,21,23);1H. The minimum atomic E-state index is -3.52. The summed E-state index contributed by atoms with van der Waals surface area (Å²) >= 11 is 0. The number of hydrogen-bond acceptors (Lipinski definition) is 6. The lowest BCUT2D eigenvalue weighted by molar-refractivity contribution is 0.177. The number of methoxy groups -OCH3 is 1. The Bertz CT molecular complexity index is 977. The molecule has 2 heterocycles. The Hall–Kier alpha value is -1.77. The van der Waals surface area contributed by atoms with Gasteiger partial charge in [0.15, 0.2) is 11.8 Å². The smallest absolute Gasteiger partial charge is 0.240 e. The van der Waals surface area contributed by atoms with Gasteiger partial charge >= 0.3 is 0 Å². The van der Waals surface area contributed by atoms with Gasteiger partial charge in [-0.3, -0.25) is 4.99 Å². The molecule has 1 atom stereocenters. The van der Waals surface area contributed by atoms with Gasteiger partial charge in [-0.05, 0) is 25.5 Å². The lowest BCUT2D eigenvalue weighted by atomic mass is 10.1. The summed E-state index contributed by atoms with van der Waals surface area (Å²) in [6, 6.07) is 6.92. The summed E-state index contributed by atoms with van der Waals surface area (Å²) in [4.78, 5) is 8.96. The molecule has 1 aliphatic rings. The highest BCUT2D eigenvalue weighted by molar-refractivity contribution is 14.0. The van der Waals surface area contributed by atoms with Gasteiger partial charge in [0.25, 0.3) is 0 Å². The van der Waals surface area contributed by atoms with Crippen LogP contribution in [0.1, 0.15) is 23.6 Å². The lowest BCUT2D eigenvalue weighted by Gasteiger charge is -2.25. The van der Waals surface area contributed by atoms with Crippen LogP contribution in [0.3, 0.4) is 0 Å². The van der Waals surface area contributed by atoms with Gasteiger partial charge in [0.05, 0.1) is 11.4 Å². The molecular formula is C19H30IN7O3S. The molecule has 1 aromatic carbocycles. The maximum absolute atomic E-state index is 12.3. The second-order valence-corrected chi connectivity index (χ2v) is 8.92. The maximum atomic E-state index is 12.3. The number of ether oxygens (including phenoxy) is 1. The summed E-state index contributed by atoms with van der Waals surface area (Å²) in [6.07, 6.45) is 1.73. The zero-order chi connectivity index (χ0) is 21.6. The molecule has 31 heavy (non-hydrogen) atoms. The first kappa shape index (κ1) is 25.5. The predicted octanol–water partition coefficient (Wildman–Crippen LogP) is 0.809. The Morgan fingerprint density at radius 1 is 1.29 bits per heavy atom. The van der Waals surface area contributed by atoms with Crippen molar-refractivity contribution in [2.75, 3.05) is 27.2 Å². The van der Waals surface area contributed by atoms with Crippen molar-refractivity contribution in [3.63, 3.8) is 0 Å². The number of benzene rings is 1. The first-order chi connectivity index (χ1) is 14.4. The van der Waals surface area contributed by atoms with Crippen molar-refractivity contribution in [1.29, 1.82) is 0 Å².